The van der Waals surface area contributed by atoms with Gasteiger partial charge in [0.05, 0.1) is 0 Å². The largest absolute Gasteiger partial charge is 0.465 e. The quantitative estimate of drug-likeness (QED) is 0.747. The van der Waals surface area contributed by atoms with Crippen LogP contribution in [0.15, 0.2) is 6.33 Å². The predicted octanol–water partition coefficient (Wildman–Crippen LogP) is 0.736. The summed E-state index contributed by atoms with van der Waals surface area (Å²) in [5, 5.41) is 16.3. The Bertz CT molecular complexity index is 286. The highest BCUT2D eigenvalue weighted by Crippen LogP contribution is 2.07. The summed E-state index contributed by atoms with van der Waals surface area (Å²) in [5.41, 5.74) is 0. The van der Waals surface area contributed by atoms with Crippen LogP contribution in [0.2, 0.25) is 0 Å². The topological polar surface area (TPSA) is 82.1 Å². The first-order valence-corrected chi connectivity index (χ1v) is 4.45. The fourth-order valence-electron chi connectivity index (χ4n) is 1.27. The summed E-state index contributed by atoms with van der Waals surface area (Å²) >= 11 is 0. The number of aromatic amines is 1. The molecule has 0 fully saturated rings. The van der Waals surface area contributed by atoms with E-state index in [0.29, 0.717) is 12.2 Å². The minimum atomic E-state index is -0.920. The molecular weight excluding hydrogens is 184 g/mol. The van der Waals surface area contributed by atoms with Gasteiger partial charge in [0.15, 0.2) is 0 Å². The molecular formula is C8H14N4O2. The van der Waals surface area contributed by atoms with Gasteiger partial charge in [-0.05, 0) is 6.42 Å². The SMILES string of the molecule is CCC(Cc1nnc[nH]1)N(C)C(=O)O. The predicted molar refractivity (Wildman–Crippen MR) is 50.0 cm³/mol. The van der Waals surface area contributed by atoms with Gasteiger partial charge in [-0.15, -0.1) is 10.2 Å². The Morgan fingerprint density at radius 1 is 1.79 bits per heavy atom. The third-order valence-electron chi connectivity index (χ3n) is 2.22. The first-order chi connectivity index (χ1) is 6.65. The number of nitrogens with one attached hydrogen (secondary N) is 1. The van der Waals surface area contributed by atoms with Gasteiger partial charge in [-0.2, -0.15) is 0 Å². The van der Waals surface area contributed by atoms with E-state index in [1.807, 2.05) is 6.92 Å². The van der Waals surface area contributed by atoms with E-state index in [9.17, 15) is 4.79 Å². The molecule has 6 heteroatoms. The minimum absolute atomic E-state index is 0.0551. The van der Waals surface area contributed by atoms with Crippen molar-refractivity contribution < 1.29 is 9.90 Å². The van der Waals surface area contributed by atoms with Crippen LogP contribution >= 0.6 is 0 Å². The molecule has 6 nitrogen and oxygen atoms in total. The van der Waals surface area contributed by atoms with Crippen molar-refractivity contribution in [3.8, 4) is 0 Å². The third-order valence-corrected chi connectivity index (χ3v) is 2.22. The van der Waals surface area contributed by atoms with Crippen molar-refractivity contribution in [3.05, 3.63) is 12.2 Å². The molecule has 0 aromatic carbocycles. The van der Waals surface area contributed by atoms with E-state index >= 15 is 0 Å². The van der Waals surface area contributed by atoms with E-state index in [1.165, 1.54) is 11.2 Å². The molecule has 1 aromatic rings. The van der Waals surface area contributed by atoms with Gasteiger partial charge < -0.3 is 15.0 Å². The molecule has 1 heterocycles. The number of rotatable bonds is 4. The number of likely N-dealkylation sites (N-methyl/N-ethyl adjacent to an activating group) is 1. The lowest BCUT2D eigenvalue weighted by Gasteiger charge is -2.23. The molecule has 0 saturated heterocycles. The maximum Gasteiger partial charge on any atom is 0.407 e. The van der Waals surface area contributed by atoms with Crippen molar-refractivity contribution in [2.45, 2.75) is 25.8 Å². The molecule has 1 rings (SSSR count). The van der Waals surface area contributed by atoms with Crippen LogP contribution in [-0.4, -0.2) is 44.4 Å². The Hall–Kier alpha value is -1.59. The molecule has 0 spiro atoms. The zero-order valence-corrected chi connectivity index (χ0v) is 8.27. The summed E-state index contributed by atoms with van der Waals surface area (Å²) in [6.45, 7) is 1.94. The highest BCUT2D eigenvalue weighted by molar-refractivity contribution is 5.64. The van der Waals surface area contributed by atoms with Crippen molar-refractivity contribution >= 4 is 6.09 Å². The number of hydrogen-bond donors (Lipinski definition) is 2. The molecule has 78 valence electrons. The standard InChI is InChI=1S/C8H14N4O2/c1-3-6(12(2)8(13)14)4-7-9-5-10-11-7/h5-6H,3-4H2,1-2H3,(H,13,14)(H,9,10,11). The average Bonchev–Trinajstić information content (AvgIpc) is 2.65. The lowest BCUT2D eigenvalue weighted by Crippen LogP contribution is -2.37. The maximum absolute atomic E-state index is 10.7. The van der Waals surface area contributed by atoms with Gasteiger partial charge in [-0.25, -0.2) is 4.79 Å². The highest BCUT2D eigenvalue weighted by Gasteiger charge is 2.18. The zero-order valence-electron chi connectivity index (χ0n) is 8.27. The fraction of sp³-hybridized carbons (Fsp3) is 0.625. The molecule has 14 heavy (non-hydrogen) atoms. The van der Waals surface area contributed by atoms with Gasteiger partial charge in [-0.1, -0.05) is 6.92 Å². The normalized spacial score (nSPS) is 12.4. The Balaban J connectivity index is 2.59. The van der Waals surface area contributed by atoms with Crippen LogP contribution in [0.5, 0.6) is 0 Å². The van der Waals surface area contributed by atoms with Gasteiger partial charge in [0.25, 0.3) is 0 Å². The molecule has 1 unspecified atom stereocenters. The molecule has 1 aromatic heterocycles. The Morgan fingerprint density at radius 2 is 2.50 bits per heavy atom. The first-order valence-electron chi connectivity index (χ1n) is 4.45. The summed E-state index contributed by atoms with van der Waals surface area (Å²) < 4.78 is 0. The smallest absolute Gasteiger partial charge is 0.407 e. The van der Waals surface area contributed by atoms with Gasteiger partial charge in [0, 0.05) is 19.5 Å². The van der Waals surface area contributed by atoms with E-state index in [1.54, 1.807) is 7.05 Å². The minimum Gasteiger partial charge on any atom is -0.465 e. The number of carbonyl (C=O) groups is 1. The molecule has 1 amide bonds. The van der Waals surface area contributed by atoms with E-state index in [4.69, 9.17) is 5.11 Å². The van der Waals surface area contributed by atoms with Crippen LogP contribution < -0.4 is 0 Å². The number of nitrogens with zero attached hydrogens (tertiary/aromatic N) is 3. The Morgan fingerprint density at radius 3 is 2.93 bits per heavy atom. The Kier molecular flexibility index (Phi) is 3.44. The number of hydrogen-bond acceptors (Lipinski definition) is 3. The molecule has 2 N–H and O–H groups in total. The third kappa shape index (κ3) is 2.45. The second-order valence-electron chi connectivity index (χ2n) is 3.10. The second kappa shape index (κ2) is 4.59. The van der Waals surface area contributed by atoms with E-state index < -0.39 is 6.09 Å². The summed E-state index contributed by atoms with van der Waals surface area (Å²) in [4.78, 5) is 14.9. The maximum atomic E-state index is 10.7. The molecule has 0 aliphatic rings. The monoisotopic (exact) mass is 198 g/mol. The van der Waals surface area contributed by atoms with Crippen LogP contribution in [0, 0.1) is 0 Å². The van der Waals surface area contributed by atoms with Crippen molar-refractivity contribution in [1.82, 2.24) is 20.1 Å². The number of aromatic nitrogens is 3. The number of carboxylic acid groups (broad SMARTS) is 1. The fourth-order valence-corrected chi connectivity index (χ4v) is 1.27. The second-order valence-corrected chi connectivity index (χ2v) is 3.10. The summed E-state index contributed by atoms with van der Waals surface area (Å²) in [6, 6.07) is -0.0551. The average molecular weight is 198 g/mol. The van der Waals surface area contributed by atoms with Gasteiger partial charge in [-0.3, -0.25) is 0 Å². The van der Waals surface area contributed by atoms with Crippen molar-refractivity contribution in [1.29, 1.82) is 0 Å². The van der Waals surface area contributed by atoms with E-state index in [2.05, 4.69) is 15.2 Å². The van der Waals surface area contributed by atoms with Gasteiger partial charge in [0.1, 0.15) is 12.2 Å². The summed E-state index contributed by atoms with van der Waals surface area (Å²) in [5.74, 6) is 0.713. The van der Waals surface area contributed by atoms with E-state index in [-0.39, 0.29) is 6.04 Å². The molecule has 1 atom stereocenters. The Labute approximate surface area is 82.0 Å². The summed E-state index contributed by atoms with van der Waals surface area (Å²) in [6.07, 6.45) is 1.89. The van der Waals surface area contributed by atoms with Crippen molar-refractivity contribution in [3.63, 3.8) is 0 Å². The molecule has 0 bridgehead atoms. The van der Waals surface area contributed by atoms with Crippen LogP contribution in [-0.2, 0) is 6.42 Å². The highest BCUT2D eigenvalue weighted by atomic mass is 16.4. The van der Waals surface area contributed by atoms with Crippen molar-refractivity contribution in [2.24, 2.45) is 0 Å². The molecule has 0 aliphatic carbocycles. The summed E-state index contributed by atoms with van der Waals surface area (Å²) in [7, 11) is 1.56. The van der Waals surface area contributed by atoms with E-state index in [0.717, 1.165) is 6.42 Å². The van der Waals surface area contributed by atoms with Gasteiger partial charge in [0.2, 0.25) is 0 Å². The first kappa shape index (κ1) is 10.5. The van der Waals surface area contributed by atoms with Crippen LogP contribution in [0.4, 0.5) is 4.79 Å². The van der Waals surface area contributed by atoms with Crippen molar-refractivity contribution in [2.75, 3.05) is 7.05 Å². The van der Waals surface area contributed by atoms with Crippen LogP contribution in [0.3, 0.4) is 0 Å². The van der Waals surface area contributed by atoms with Crippen LogP contribution in [0.25, 0.3) is 0 Å². The van der Waals surface area contributed by atoms with Crippen LogP contribution in [0.1, 0.15) is 19.2 Å². The molecule has 0 saturated carbocycles. The number of amides is 1. The lowest BCUT2D eigenvalue weighted by atomic mass is 10.1. The number of H-pyrrole nitrogens is 1. The zero-order chi connectivity index (χ0) is 10.6. The lowest BCUT2D eigenvalue weighted by molar-refractivity contribution is 0.136. The molecule has 0 aliphatic heterocycles. The van der Waals surface area contributed by atoms with Gasteiger partial charge >= 0.3 is 6.09 Å². The molecule has 0 radical (unpaired) electrons.